The normalized spacial score (nSPS) is 15.8. The standard InChI is InChI=1S/C24H24ClN5O2/c1-16-14-29(19-10-6-9-18(25)13-19)23-26-21-20(30(23)15-16)22(31)28(24(32)27(21)2)12-11-17-7-4-3-5-8-17/h3-10,13,16H,11-12,14-15H2,1-2H3. The van der Waals surface area contributed by atoms with Gasteiger partial charge in [-0.2, -0.15) is 4.98 Å². The van der Waals surface area contributed by atoms with Crippen LogP contribution in [0.3, 0.4) is 0 Å². The van der Waals surface area contributed by atoms with Crippen molar-refractivity contribution in [1.82, 2.24) is 18.7 Å². The molecule has 0 radical (unpaired) electrons. The van der Waals surface area contributed by atoms with Crippen molar-refractivity contribution in [2.45, 2.75) is 26.4 Å². The highest BCUT2D eigenvalue weighted by molar-refractivity contribution is 6.30. The van der Waals surface area contributed by atoms with Gasteiger partial charge in [0.05, 0.1) is 0 Å². The molecule has 4 aromatic rings. The number of halogens is 1. The van der Waals surface area contributed by atoms with Gasteiger partial charge in [-0.05, 0) is 36.1 Å². The maximum Gasteiger partial charge on any atom is 0.332 e. The van der Waals surface area contributed by atoms with Crippen LogP contribution in [-0.4, -0.2) is 25.2 Å². The van der Waals surface area contributed by atoms with Gasteiger partial charge in [-0.1, -0.05) is 54.9 Å². The number of rotatable bonds is 4. The topological polar surface area (TPSA) is 65.1 Å². The lowest BCUT2D eigenvalue weighted by molar-refractivity contribution is 0.457. The largest absolute Gasteiger partial charge is 0.332 e. The summed E-state index contributed by atoms with van der Waals surface area (Å²) in [7, 11) is 1.68. The van der Waals surface area contributed by atoms with E-state index in [4.69, 9.17) is 16.6 Å². The highest BCUT2D eigenvalue weighted by atomic mass is 35.5. The molecule has 0 saturated heterocycles. The molecule has 2 aromatic heterocycles. The molecule has 2 aromatic carbocycles. The van der Waals surface area contributed by atoms with E-state index in [2.05, 4.69) is 11.8 Å². The maximum absolute atomic E-state index is 13.5. The Balaban J connectivity index is 1.66. The Labute approximate surface area is 190 Å². The average Bonchev–Trinajstić information content (AvgIpc) is 3.17. The summed E-state index contributed by atoms with van der Waals surface area (Å²) in [6.07, 6.45) is 0.605. The van der Waals surface area contributed by atoms with Gasteiger partial charge in [-0.25, -0.2) is 4.79 Å². The van der Waals surface area contributed by atoms with Gasteiger partial charge < -0.3 is 9.47 Å². The quantitative estimate of drug-likeness (QED) is 0.477. The molecule has 0 N–H and O–H groups in total. The fourth-order valence-electron chi connectivity index (χ4n) is 4.45. The summed E-state index contributed by atoms with van der Waals surface area (Å²) < 4.78 is 4.76. The van der Waals surface area contributed by atoms with Crippen molar-refractivity contribution >= 4 is 34.4 Å². The first-order valence-corrected chi connectivity index (χ1v) is 11.1. The SMILES string of the molecule is CC1CN(c2cccc(Cl)c2)c2nc3c(c(=O)n(CCc4ccccc4)c(=O)n3C)n2C1. The van der Waals surface area contributed by atoms with E-state index in [1.54, 1.807) is 7.05 Å². The molecule has 5 rings (SSSR count). The van der Waals surface area contributed by atoms with Crippen LogP contribution in [-0.2, 0) is 26.6 Å². The van der Waals surface area contributed by atoms with Crippen molar-refractivity contribution in [1.29, 1.82) is 0 Å². The molecule has 3 heterocycles. The van der Waals surface area contributed by atoms with Gasteiger partial charge in [0.1, 0.15) is 0 Å². The average molecular weight is 450 g/mol. The lowest BCUT2D eigenvalue weighted by Crippen LogP contribution is -2.40. The fourth-order valence-corrected chi connectivity index (χ4v) is 4.63. The molecule has 1 aliphatic heterocycles. The van der Waals surface area contributed by atoms with Crippen molar-refractivity contribution in [3.63, 3.8) is 0 Å². The minimum absolute atomic E-state index is 0.285. The summed E-state index contributed by atoms with van der Waals surface area (Å²) in [5, 5.41) is 0.638. The van der Waals surface area contributed by atoms with Crippen LogP contribution in [0.25, 0.3) is 11.2 Å². The second-order valence-electron chi connectivity index (χ2n) is 8.42. The Bertz CT molecular complexity index is 1420. The van der Waals surface area contributed by atoms with Crippen LogP contribution in [0.2, 0.25) is 5.02 Å². The van der Waals surface area contributed by atoms with Crippen LogP contribution in [0.4, 0.5) is 11.6 Å². The van der Waals surface area contributed by atoms with E-state index in [1.165, 1.54) is 9.13 Å². The summed E-state index contributed by atoms with van der Waals surface area (Å²) >= 11 is 6.23. The predicted molar refractivity (Wildman–Crippen MR) is 127 cm³/mol. The molecular formula is C24H24ClN5O2. The first-order valence-electron chi connectivity index (χ1n) is 10.7. The molecule has 7 nitrogen and oxygen atoms in total. The summed E-state index contributed by atoms with van der Waals surface area (Å²) in [6.45, 7) is 3.87. The third-order valence-corrected chi connectivity index (χ3v) is 6.26. The first kappa shape index (κ1) is 20.6. The molecule has 0 aliphatic carbocycles. The van der Waals surface area contributed by atoms with Crippen LogP contribution < -0.4 is 16.1 Å². The van der Waals surface area contributed by atoms with E-state index in [0.717, 1.165) is 17.8 Å². The van der Waals surface area contributed by atoms with Gasteiger partial charge in [-0.15, -0.1) is 0 Å². The Morgan fingerprint density at radius 2 is 1.84 bits per heavy atom. The smallest absolute Gasteiger partial charge is 0.312 e. The van der Waals surface area contributed by atoms with Gasteiger partial charge in [-0.3, -0.25) is 13.9 Å². The molecule has 1 aliphatic rings. The van der Waals surface area contributed by atoms with Gasteiger partial charge >= 0.3 is 5.69 Å². The number of anilines is 2. The Morgan fingerprint density at radius 1 is 1.06 bits per heavy atom. The maximum atomic E-state index is 13.5. The highest BCUT2D eigenvalue weighted by Gasteiger charge is 2.29. The molecule has 0 saturated carbocycles. The molecule has 32 heavy (non-hydrogen) atoms. The first-order chi connectivity index (χ1) is 15.4. The molecule has 0 bridgehead atoms. The predicted octanol–water partition coefficient (Wildman–Crippen LogP) is 3.58. The van der Waals surface area contributed by atoms with Crippen LogP contribution in [0.5, 0.6) is 0 Å². The highest BCUT2D eigenvalue weighted by Crippen LogP contribution is 2.33. The number of benzene rings is 2. The van der Waals surface area contributed by atoms with Crippen molar-refractivity contribution < 1.29 is 0 Å². The van der Waals surface area contributed by atoms with E-state index < -0.39 is 0 Å². The monoisotopic (exact) mass is 449 g/mol. The summed E-state index contributed by atoms with van der Waals surface area (Å²) in [4.78, 5) is 33.4. The zero-order valence-corrected chi connectivity index (χ0v) is 18.8. The van der Waals surface area contributed by atoms with Crippen LogP contribution in [0.1, 0.15) is 12.5 Å². The van der Waals surface area contributed by atoms with Gasteiger partial charge in [0, 0.05) is 37.4 Å². The van der Waals surface area contributed by atoms with E-state index in [1.807, 2.05) is 59.2 Å². The summed E-state index contributed by atoms with van der Waals surface area (Å²) in [5.74, 6) is 0.946. The number of fused-ring (bicyclic) bond motifs is 3. The van der Waals surface area contributed by atoms with Gasteiger partial charge in [0.25, 0.3) is 5.56 Å². The van der Waals surface area contributed by atoms with Crippen LogP contribution >= 0.6 is 11.6 Å². The number of nitrogens with zero attached hydrogens (tertiary/aromatic N) is 5. The van der Waals surface area contributed by atoms with Crippen molar-refractivity contribution in [3.05, 3.63) is 86.0 Å². The number of imidazole rings is 1. The molecule has 0 fully saturated rings. The van der Waals surface area contributed by atoms with Crippen molar-refractivity contribution in [2.75, 3.05) is 11.4 Å². The van der Waals surface area contributed by atoms with Gasteiger partial charge in [0.15, 0.2) is 11.2 Å². The Kier molecular flexibility index (Phi) is 5.13. The van der Waals surface area contributed by atoms with E-state index in [9.17, 15) is 9.59 Å². The molecule has 0 spiro atoms. The summed E-state index contributed by atoms with van der Waals surface area (Å²) in [6, 6.07) is 17.5. The molecule has 1 unspecified atom stereocenters. The second kappa shape index (κ2) is 7.98. The van der Waals surface area contributed by atoms with E-state index in [0.29, 0.717) is 41.6 Å². The number of aryl methyl sites for hydroxylation is 2. The number of hydrogen-bond donors (Lipinski definition) is 0. The zero-order chi connectivity index (χ0) is 22.4. The van der Waals surface area contributed by atoms with Gasteiger partial charge in [0.2, 0.25) is 5.95 Å². The van der Waals surface area contributed by atoms with Crippen molar-refractivity contribution in [3.8, 4) is 0 Å². The Morgan fingerprint density at radius 3 is 2.59 bits per heavy atom. The van der Waals surface area contributed by atoms with Crippen LogP contribution in [0, 0.1) is 5.92 Å². The number of hydrogen-bond acceptors (Lipinski definition) is 4. The minimum Gasteiger partial charge on any atom is -0.312 e. The molecule has 0 amide bonds. The molecule has 8 heteroatoms. The summed E-state index contributed by atoms with van der Waals surface area (Å²) in [5.41, 5.74) is 2.22. The number of aromatic nitrogens is 4. The lowest BCUT2D eigenvalue weighted by Gasteiger charge is -2.33. The fraction of sp³-hybridized carbons (Fsp3) is 0.292. The molecule has 1 atom stereocenters. The Hall–Kier alpha value is -3.32. The third-order valence-electron chi connectivity index (χ3n) is 6.03. The van der Waals surface area contributed by atoms with Crippen molar-refractivity contribution in [2.24, 2.45) is 13.0 Å². The lowest BCUT2D eigenvalue weighted by atomic mass is 10.1. The zero-order valence-electron chi connectivity index (χ0n) is 18.0. The van der Waals surface area contributed by atoms with E-state index in [-0.39, 0.29) is 17.2 Å². The van der Waals surface area contributed by atoms with Crippen LogP contribution in [0.15, 0.2) is 64.2 Å². The molecular weight excluding hydrogens is 426 g/mol. The second-order valence-corrected chi connectivity index (χ2v) is 8.86. The third kappa shape index (κ3) is 3.42. The van der Waals surface area contributed by atoms with E-state index >= 15 is 0 Å². The minimum atomic E-state index is -0.351. The molecule has 164 valence electrons.